The number of carboxylic acids is 1. The van der Waals surface area contributed by atoms with Gasteiger partial charge in [-0.15, -0.1) is 0 Å². The molecule has 0 saturated carbocycles. The molecule has 0 fully saturated rings. The first-order chi connectivity index (χ1) is 3.68. The Bertz CT molecular complexity index is 139. The molecule has 0 N–H and O–H groups in total. The Morgan fingerprint density at radius 1 is 1.44 bits per heavy atom. The second-order valence-corrected chi connectivity index (χ2v) is 1.15. The minimum atomic E-state index is -1.66. The zero-order chi connectivity index (χ0) is 6.57. The van der Waals surface area contributed by atoms with Gasteiger partial charge in [0.2, 0.25) is 5.78 Å². The molecule has 0 aromatic heterocycles. The Kier molecular flexibility index (Phi) is 7.77. The molecular formula is C5H5NaO3. The molecule has 0 aromatic rings. The van der Waals surface area contributed by atoms with Crippen molar-refractivity contribution in [1.82, 2.24) is 0 Å². The van der Waals surface area contributed by atoms with Gasteiger partial charge in [0.25, 0.3) is 0 Å². The molecular weight excluding hydrogens is 131 g/mol. The van der Waals surface area contributed by atoms with Crippen LogP contribution in [0.15, 0.2) is 12.2 Å². The fourth-order valence-electron chi connectivity index (χ4n) is 0.219. The van der Waals surface area contributed by atoms with Crippen LogP contribution in [0.25, 0.3) is 0 Å². The summed E-state index contributed by atoms with van der Waals surface area (Å²) in [6.45, 7) is 1.56. The number of hydrogen-bond donors (Lipinski definition) is 0. The first kappa shape index (κ1) is 11.6. The third-order valence-electron chi connectivity index (χ3n) is 0.519. The molecule has 0 spiro atoms. The molecule has 0 saturated heterocycles. The molecule has 0 aliphatic heterocycles. The maximum atomic E-state index is 9.99. The second-order valence-electron chi connectivity index (χ2n) is 1.15. The van der Waals surface area contributed by atoms with Gasteiger partial charge in [-0.3, -0.25) is 4.79 Å². The molecule has 0 aromatic carbocycles. The first-order valence-corrected chi connectivity index (χ1v) is 2.06. The van der Waals surface area contributed by atoms with Crippen molar-refractivity contribution < 1.29 is 44.3 Å². The number of allylic oxidation sites excluding steroid dienone is 1. The normalized spacial score (nSPS) is 8.56. The number of carbonyl (C=O) groups is 2. The molecule has 44 valence electrons. The van der Waals surface area contributed by atoms with Crippen LogP contribution < -0.4 is 34.7 Å². The molecule has 0 bridgehead atoms. The summed E-state index contributed by atoms with van der Waals surface area (Å²) in [5.74, 6) is -2.66. The predicted molar refractivity (Wildman–Crippen MR) is 24.8 cm³/mol. The van der Waals surface area contributed by atoms with Gasteiger partial charge in [0.05, 0.1) is 0 Å². The van der Waals surface area contributed by atoms with Crippen molar-refractivity contribution in [3.63, 3.8) is 0 Å². The van der Waals surface area contributed by atoms with Crippen LogP contribution in [0.1, 0.15) is 6.92 Å². The SMILES string of the molecule is C/C=C/C(=O)C(=O)[O-].[Na+]. The minimum Gasteiger partial charge on any atom is -0.541 e. The first-order valence-electron chi connectivity index (χ1n) is 2.06. The van der Waals surface area contributed by atoms with Crippen molar-refractivity contribution in [2.45, 2.75) is 6.92 Å². The fraction of sp³-hybridized carbons (Fsp3) is 0.200. The molecule has 9 heavy (non-hydrogen) atoms. The van der Waals surface area contributed by atoms with Crippen molar-refractivity contribution in [2.75, 3.05) is 0 Å². The van der Waals surface area contributed by atoms with Crippen molar-refractivity contribution in [2.24, 2.45) is 0 Å². The van der Waals surface area contributed by atoms with Gasteiger partial charge in [-0.1, -0.05) is 6.08 Å². The summed E-state index contributed by atoms with van der Waals surface area (Å²) >= 11 is 0. The van der Waals surface area contributed by atoms with Gasteiger partial charge in [0.1, 0.15) is 5.97 Å². The van der Waals surface area contributed by atoms with Crippen LogP contribution in [0.5, 0.6) is 0 Å². The monoisotopic (exact) mass is 136 g/mol. The van der Waals surface area contributed by atoms with Crippen molar-refractivity contribution in [3.8, 4) is 0 Å². The standard InChI is InChI=1S/C5H6O3.Na/c1-2-3-4(6)5(7)8;/h2-3H,1H3,(H,7,8);/q;+1/p-1/b3-2+;. The van der Waals surface area contributed by atoms with Gasteiger partial charge < -0.3 is 9.90 Å². The summed E-state index contributed by atoms with van der Waals surface area (Å²) in [4.78, 5) is 19.6. The van der Waals surface area contributed by atoms with E-state index in [1.165, 1.54) is 6.08 Å². The third kappa shape index (κ3) is 5.76. The Morgan fingerprint density at radius 2 is 1.89 bits per heavy atom. The van der Waals surface area contributed by atoms with Crippen molar-refractivity contribution >= 4 is 11.8 Å². The Hall–Kier alpha value is -0.120. The molecule has 3 nitrogen and oxygen atoms in total. The summed E-state index contributed by atoms with van der Waals surface area (Å²) in [7, 11) is 0. The van der Waals surface area contributed by atoms with E-state index >= 15 is 0 Å². The number of hydrogen-bond acceptors (Lipinski definition) is 3. The van der Waals surface area contributed by atoms with Gasteiger partial charge in [0, 0.05) is 0 Å². The zero-order valence-corrected chi connectivity index (χ0v) is 7.38. The van der Waals surface area contributed by atoms with Gasteiger partial charge in [-0.25, -0.2) is 0 Å². The molecule has 0 unspecified atom stereocenters. The van der Waals surface area contributed by atoms with E-state index in [4.69, 9.17) is 0 Å². The van der Waals surface area contributed by atoms with Gasteiger partial charge in [0.15, 0.2) is 0 Å². The molecule has 0 aliphatic carbocycles. The van der Waals surface area contributed by atoms with Crippen LogP contribution in [-0.4, -0.2) is 11.8 Å². The average Bonchev–Trinajstić information content (AvgIpc) is 1.67. The summed E-state index contributed by atoms with van der Waals surface area (Å²) in [6.07, 6.45) is 2.29. The fourth-order valence-corrected chi connectivity index (χ4v) is 0.219. The third-order valence-corrected chi connectivity index (χ3v) is 0.519. The van der Waals surface area contributed by atoms with Crippen LogP contribution >= 0.6 is 0 Å². The minimum absolute atomic E-state index is 0. The van der Waals surface area contributed by atoms with E-state index in [0.29, 0.717) is 0 Å². The van der Waals surface area contributed by atoms with E-state index in [-0.39, 0.29) is 29.6 Å². The predicted octanol–water partition coefficient (Wildman–Crippen LogP) is -4.11. The van der Waals surface area contributed by atoms with Crippen LogP contribution in [0.2, 0.25) is 0 Å². The molecule has 0 aliphatic rings. The Balaban J connectivity index is 0. The second kappa shape index (κ2) is 6.01. The zero-order valence-electron chi connectivity index (χ0n) is 5.38. The van der Waals surface area contributed by atoms with E-state index in [1.54, 1.807) is 6.92 Å². The summed E-state index contributed by atoms with van der Waals surface area (Å²) in [6, 6.07) is 0. The number of ketones is 1. The number of carboxylic acid groups (broad SMARTS) is 1. The van der Waals surface area contributed by atoms with Crippen LogP contribution in [-0.2, 0) is 9.59 Å². The number of aliphatic carboxylic acids is 1. The summed E-state index contributed by atoms with van der Waals surface area (Å²) in [5, 5.41) is 9.58. The van der Waals surface area contributed by atoms with Crippen molar-refractivity contribution in [3.05, 3.63) is 12.2 Å². The topological polar surface area (TPSA) is 57.2 Å². The molecule has 0 amide bonds. The van der Waals surface area contributed by atoms with E-state index < -0.39 is 11.8 Å². The molecule has 0 atom stereocenters. The van der Waals surface area contributed by atoms with Crippen LogP contribution in [0.3, 0.4) is 0 Å². The largest absolute Gasteiger partial charge is 1.00 e. The maximum Gasteiger partial charge on any atom is 1.00 e. The van der Waals surface area contributed by atoms with Gasteiger partial charge >= 0.3 is 29.6 Å². The van der Waals surface area contributed by atoms with E-state index in [0.717, 1.165) is 6.08 Å². The van der Waals surface area contributed by atoms with Crippen molar-refractivity contribution in [1.29, 1.82) is 0 Å². The number of rotatable bonds is 2. The van der Waals surface area contributed by atoms with E-state index in [2.05, 4.69) is 0 Å². The van der Waals surface area contributed by atoms with E-state index in [9.17, 15) is 14.7 Å². The maximum absolute atomic E-state index is 9.99. The molecule has 4 heteroatoms. The quantitative estimate of drug-likeness (QED) is 0.220. The van der Waals surface area contributed by atoms with E-state index in [1.807, 2.05) is 0 Å². The average molecular weight is 136 g/mol. The summed E-state index contributed by atoms with van der Waals surface area (Å²) in [5.41, 5.74) is 0. The Labute approximate surface area is 75.0 Å². The molecule has 0 heterocycles. The van der Waals surface area contributed by atoms with Gasteiger partial charge in [-0.05, 0) is 13.0 Å². The van der Waals surface area contributed by atoms with Gasteiger partial charge in [-0.2, -0.15) is 0 Å². The van der Waals surface area contributed by atoms with Crippen LogP contribution in [0, 0.1) is 0 Å². The smallest absolute Gasteiger partial charge is 0.541 e. The molecule has 0 rings (SSSR count). The summed E-state index contributed by atoms with van der Waals surface area (Å²) < 4.78 is 0. The Morgan fingerprint density at radius 3 is 2.00 bits per heavy atom. The molecule has 0 radical (unpaired) electrons. The number of carbonyl (C=O) groups excluding carboxylic acids is 2. The van der Waals surface area contributed by atoms with Crippen LogP contribution in [0.4, 0.5) is 0 Å².